The van der Waals surface area contributed by atoms with Gasteiger partial charge in [-0.15, -0.1) is 0 Å². The Bertz CT molecular complexity index is 171. The molecular weight excluding hydrogens is 180 g/mol. The molecule has 1 heterocycles. The highest BCUT2D eigenvalue weighted by Gasteiger charge is 2.26. The molecule has 0 bridgehead atoms. The number of carbonyl (C=O) groups excluding carboxylic acids is 1. The lowest BCUT2D eigenvalue weighted by Crippen LogP contribution is -2.42. The Morgan fingerprint density at radius 2 is 1.93 bits per heavy atom. The molecule has 14 heavy (non-hydrogen) atoms. The Morgan fingerprint density at radius 3 is 2.36 bits per heavy atom. The Hall–Kier alpha value is -0.700. The molecule has 0 aromatic rings. The monoisotopic (exact) mass is 200 g/mol. The van der Waals surface area contributed by atoms with Crippen molar-refractivity contribution in [3.8, 4) is 0 Å². The van der Waals surface area contributed by atoms with Crippen molar-refractivity contribution in [2.45, 2.75) is 26.2 Å². The normalized spacial score (nSPS) is 18.1. The van der Waals surface area contributed by atoms with E-state index in [-0.39, 0.29) is 0 Å². The number of hydrogen-bond acceptors (Lipinski definition) is 2. The number of ether oxygens (including phenoxy) is 1. The number of hydrogen-bond donors (Lipinski definition) is 0. The largest absolute Gasteiger partial charge is 0.724 e. The third-order valence-electron chi connectivity index (χ3n) is 2.40. The van der Waals surface area contributed by atoms with Crippen LogP contribution >= 0.6 is 0 Å². The van der Waals surface area contributed by atoms with Gasteiger partial charge < -0.3 is 14.6 Å². The minimum Gasteiger partial charge on any atom is -0.724 e. The second-order valence-corrected chi connectivity index (χ2v) is 3.90. The molecule has 1 saturated heterocycles. The molecule has 0 aliphatic carbocycles. The summed E-state index contributed by atoms with van der Waals surface area (Å²) in [6, 6.07) is 0. The number of nitrogens with zero attached hydrogens (tertiary/aromatic N) is 2. The highest BCUT2D eigenvalue weighted by molar-refractivity contribution is 5.36. The van der Waals surface area contributed by atoms with Crippen molar-refractivity contribution in [3.63, 3.8) is 0 Å². The molecule has 1 fully saturated rings. The van der Waals surface area contributed by atoms with E-state index in [1.807, 2.05) is 0 Å². The molecule has 1 rings (SSSR count). The SMILES string of the molecule is CCCOC[N+]1(C)CCCC1.[N-]=C=O. The average molecular weight is 200 g/mol. The van der Waals surface area contributed by atoms with E-state index in [2.05, 4.69) is 14.0 Å². The molecule has 0 aromatic heterocycles. The van der Waals surface area contributed by atoms with Crippen LogP contribution in [0.4, 0.5) is 0 Å². The van der Waals surface area contributed by atoms with Gasteiger partial charge >= 0.3 is 0 Å². The summed E-state index contributed by atoms with van der Waals surface area (Å²) in [5.74, 6) is 0. The van der Waals surface area contributed by atoms with Crippen molar-refractivity contribution in [1.82, 2.24) is 0 Å². The molecule has 0 N–H and O–H groups in total. The summed E-state index contributed by atoms with van der Waals surface area (Å²) in [6.45, 7) is 6.62. The summed E-state index contributed by atoms with van der Waals surface area (Å²) < 4.78 is 6.68. The number of rotatable bonds is 4. The van der Waals surface area contributed by atoms with Crippen molar-refractivity contribution >= 4 is 6.08 Å². The molecule has 0 saturated carbocycles. The fraction of sp³-hybridized carbons (Fsp3) is 0.900. The van der Waals surface area contributed by atoms with E-state index in [4.69, 9.17) is 14.9 Å². The first kappa shape index (κ1) is 13.3. The van der Waals surface area contributed by atoms with Crippen LogP contribution in [-0.4, -0.2) is 44.0 Å². The second-order valence-electron chi connectivity index (χ2n) is 3.90. The predicted molar refractivity (Wildman–Crippen MR) is 55.3 cm³/mol. The molecule has 4 nitrogen and oxygen atoms in total. The molecule has 0 aromatic carbocycles. The van der Waals surface area contributed by atoms with Gasteiger partial charge in [-0.3, -0.25) is 4.79 Å². The first-order valence-electron chi connectivity index (χ1n) is 5.11. The Labute approximate surface area is 86.0 Å². The van der Waals surface area contributed by atoms with Gasteiger partial charge in [0, 0.05) is 12.8 Å². The fourth-order valence-electron chi connectivity index (χ4n) is 1.66. The number of isocyanates is 1. The van der Waals surface area contributed by atoms with Crippen molar-refractivity contribution in [2.75, 3.05) is 33.5 Å². The zero-order valence-corrected chi connectivity index (χ0v) is 9.16. The van der Waals surface area contributed by atoms with Crippen LogP contribution in [0.25, 0.3) is 5.41 Å². The van der Waals surface area contributed by atoms with Gasteiger partial charge in [0.2, 0.25) is 0 Å². The lowest BCUT2D eigenvalue weighted by atomic mass is 10.4. The number of likely N-dealkylation sites (tertiary alicyclic amines) is 1. The minimum absolute atomic E-state index is 0.500. The van der Waals surface area contributed by atoms with E-state index in [0.717, 1.165) is 24.2 Å². The molecule has 1 aliphatic heterocycles. The zero-order valence-electron chi connectivity index (χ0n) is 9.16. The summed E-state index contributed by atoms with van der Waals surface area (Å²) in [5.41, 5.74) is 0. The Kier molecular flexibility index (Phi) is 7.30. The maximum atomic E-state index is 8.24. The molecule has 0 atom stereocenters. The van der Waals surface area contributed by atoms with Crippen molar-refractivity contribution in [1.29, 1.82) is 0 Å². The molecule has 0 spiro atoms. The van der Waals surface area contributed by atoms with Gasteiger partial charge in [-0.1, -0.05) is 6.92 Å². The molecular formula is C10H20N2O2. The topological polar surface area (TPSA) is 48.6 Å². The Balaban J connectivity index is 0.000000500. The lowest BCUT2D eigenvalue weighted by Gasteiger charge is -2.28. The minimum atomic E-state index is 0.500. The van der Waals surface area contributed by atoms with Gasteiger partial charge in [0.1, 0.15) is 0 Å². The van der Waals surface area contributed by atoms with Crippen LogP contribution in [0.5, 0.6) is 0 Å². The average Bonchev–Trinajstić information content (AvgIpc) is 2.54. The van der Waals surface area contributed by atoms with Gasteiger partial charge in [-0.05, 0) is 12.5 Å². The summed E-state index contributed by atoms with van der Waals surface area (Å²) in [5, 5.41) is 6.76. The molecule has 0 amide bonds. The first-order chi connectivity index (χ1) is 6.68. The Morgan fingerprint density at radius 1 is 1.43 bits per heavy atom. The van der Waals surface area contributed by atoms with Crippen molar-refractivity contribution < 1.29 is 14.0 Å². The summed E-state index contributed by atoms with van der Waals surface area (Å²) in [6.07, 6.45) is 4.40. The van der Waals surface area contributed by atoms with E-state index in [1.165, 1.54) is 25.9 Å². The maximum absolute atomic E-state index is 8.24. The van der Waals surface area contributed by atoms with Gasteiger partial charge in [0.25, 0.3) is 0 Å². The standard InChI is InChI=1S/C9H20NO.CNO/c1-3-8-11-9-10(2)6-4-5-7-10;2-1-3/h3-9H2,1-2H3;/q+1;-1. The molecule has 0 radical (unpaired) electrons. The van der Waals surface area contributed by atoms with Crippen LogP contribution in [0.15, 0.2) is 0 Å². The molecule has 0 unspecified atom stereocenters. The van der Waals surface area contributed by atoms with Gasteiger partial charge in [0.05, 0.1) is 26.7 Å². The molecule has 82 valence electrons. The van der Waals surface area contributed by atoms with Crippen molar-refractivity contribution in [2.24, 2.45) is 0 Å². The van der Waals surface area contributed by atoms with E-state index in [0.29, 0.717) is 6.08 Å². The van der Waals surface area contributed by atoms with Crippen LogP contribution in [0.2, 0.25) is 0 Å². The summed E-state index contributed by atoms with van der Waals surface area (Å²) in [7, 11) is 2.29. The van der Waals surface area contributed by atoms with Gasteiger partial charge in [-0.25, -0.2) is 0 Å². The second kappa shape index (κ2) is 7.68. The van der Waals surface area contributed by atoms with Gasteiger partial charge in [-0.2, -0.15) is 0 Å². The van der Waals surface area contributed by atoms with Crippen molar-refractivity contribution in [3.05, 3.63) is 5.41 Å². The molecule has 1 aliphatic rings. The highest BCUT2D eigenvalue weighted by Crippen LogP contribution is 2.15. The quantitative estimate of drug-likeness (QED) is 0.299. The third-order valence-corrected chi connectivity index (χ3v) is 2.40. The van der Waals surface area contributed by atoms with Crippen LogP contribution in [0, 0.1) is 0 Å². The van der Waals surface area contributed by atoms with E-state index in [1.54, 1.807) is 0 Å². The van der Waals surface area contributed by atoms with E-state index < -0.39 is 0 Å². The third kappa shape index (κ3) is 5.86. The predicted octanol–water partition coefficient (Wildman–Crippen LogP) is 1.50. The van der Waals surface area contributed by atoms with Crippen LogP contribution < -0.4 is 0 Å². The van der Waals surface area contributed by atoms with E-state index >= 15 is 0 Å². The van der Waals surface area contributed by atoms with Gasteiger partial charge in [0.15, 0.2) is 6.73 Å². The van der Waals surface area contributed by atoms with Crippen LogP contribution in [0.1, 0.15) is 26.2 Å². The molecule has 4 heteroatoms. The summed E-state index contributed by atoms with van der Waals surface area (Å²) >= 11 is 0. The zero-order chi connectivity index (χ0) is 10.9. The summed E-state index contributed by atoms with van der Waals surface area (Å²) in [4.78, 5) is 8.24. The lowest BCUT2D eigenvalue weighted by molar-refractivity contribution is -0.916. The first-order valence-corrected chi connectivity index (χ1v) is 5.11. The highest BCUT2D eigenvalue weighted by atomic mass is 16.5. The number of quaternary nitrogens is 1. The fourth-order valence-corrected chi connectivity index (χ4v) is 1.66. The van der Waals surface area contributed by atoms with E-state index in [9.17, 15) is 0 Å². The van der Waals surface area contributed by atoms with Crippen LogP contribution in [0.3, 0.4) is 0 Å². The smallest absolute Gasteiger partial charge is 0.182 e. The van der Waals surface area contributed by atoms with Crippen LogP contribution in [-0.2, 0) is 9.53 Å². The maximum Gasteiger partial charge on any atom is 0.182 e.